The lowest BCUT2D eigenvalue weighted by molar-refractivity contribution is -0.108. The van der Waals surface area contributed by atoms with Gasteiger partial charge in [-0.15, -0.1) is 0 Å². The number of imidazole rings is 1. The van der Waals surface area contributed by atoms with Crippen molar-refractivity contribution >= 4 is 28.4 Å². The summed E-state index contributed by atoms with van der Waals surface area (Å²) in [5, 5.41) is 8.21. The van der Waals surface area contributed by atoms with Crippen molar-refractivity contribution in [3.8, 4) is 11.3 Å². The molecule has 1 N–H and O–H groups in total. The monoisotopic (exact) mass is 729 g/mol. The third kappa shape index (κ3) is 6.46. The maximum absolute atomic E-state index is 13.7. The first kappa shape index (κ1) is 34.7. The third-order valence-electron chi connectivity index (χ3n) is 12.1. The topological polar surface area (TPSA) is 70.3 Å². The largest absolute Gasteiger partial charge is 0.374 e. The van der Waals surface area contributed by atoms with E-state index in [0.29, 0.717) is 22.9 Å². The van der Waals surface area contributed by atoms with E-state index in [2.05, 4.69) is 75.2 Å². The molecule has 9 nitrogen and oxygen atoms in total. The first-order valence-electron chi connectivity index (χ1n) is 19.3. The number of hydrogen-bond donors (Lipinski definition) is 1. The summed E-state index contributed by atoms with van der Waals surface area (Å²) in [6.07, 6.45) is 6.28. The molecule has 5 aromatic rings. The first-order valence-corrected chi connectivity index (χ1v) is 19.3. The van der Waals surface area contributed by atoms with Gasteiger partial charge >= 0.3 is 0 Å². The number of aryl methyl sites for hydroxylation is 2. The highest BCUT2D eigenvalue weighted by Crippen LogP contribution is 2.44. The van der Waals surface area contributed by atoms with Crippen molar-refractivity contribution < 1.29 is 8.78 Å². The molecular formula is C43H49F2N9. The van der Waals surface area contributed by atoms with Crippen molar-refractivity contribution in [2.45, 2.75) is 52.6 Å². The van der Waals surface area contributed by atoms with Crippen LogP contribution in [0.4, 0.5) is 20.4 Å². The van der Waals surface area contributed by atoms with Crippen LogP contribution in [0.2, 0.25) is 0 Å². The molecule has 0 saturated carbocycles. The quantitative estimate of drug-likeness (QED) is 0.200. The molecule has 4 aliphatic rings. The van der Waals surface area contributed by atoms with Crippen LogP contribution >= 0.6 is 0 Å². The van der Waals surface area contributed by atoms with E-state index in [1.165, 1.54) is 23.4 Å². The van der Waals surface area contributed by atoms with Crippen molar-refractivity contribution in [3.05, 3.63) is 108 Å². The molecule has 2 aromatic carbocycles. The lowest BCUT2D eigenvalue weighted by atomic mass is 9.71. The van der Waals surface area contributed by atoms with Crippen LogP contribution < -0.4 is 10.2 Å². The predicted molar refractivity (Wildman–Crippen MR) is 211 cm³/mol. The highest BCUT2D eigenvalue weighted by Gasteiger charge is 2.52. The molecule has 9 rings (SSSR count). The van der Waals surface area contributed by atoms with E-state index in [4.69, 9.17) is 9.97 Å². The standard InChI is InChI=1S/C43H49F2N9/c1-27-8-6-7-9-40-37(18-46-50(40)5)39-14-32(12-28(2)47-39)29(3)48-42-49-38-11-10-31(13-41(38)54(42)19-27)20-51-23-43(24-51)25-53(26-43)30(4)33-21-52(22-33)36-16-34(44)15-35(45)17-36/h10-18,27,33H,3-4,6-9,19-26H2,1-2,5H3,(H,48,49)/t27-/m1/s1. The number of benzene rings is 2. The van der Waals surface area contributed by atoms with Crippen molar-refractivity contribution in [2.24, 2.45) is 24.3 Å². The summed E-state index contributed by atoms with van der Waals surface area (Å²) in [6, 6.07) is 14.7. The Hall–Kier alpha value is -5.03. The van der Waals surface area contributed by atoms with E-state index in [0.717, 1.165) is 135 Å². The zero-order chi connectivity index (χ0) is 37.3. The van der Waals surface area contributed by atoms with Crippen LogP contribution in [-0.4, -0.2) is 73.4 Å². The number of halogens is 2. The number of likely N-dealkylation sites (tertiary alicyclic amines) is 2. The molecule has 280 valence electrons. The van der Waals surface area contributed by atoms with E-state index < -0.39 is 11.6 Å². The van der Waals surface area contributed by atoms with Gasteiger partial charge in [-0.05, 0) is 74.1 Å². The molecule has 3 saturated heterocycles. The molecular weight excluding hydrogens is 681 g/mol. The Morgan fingerprint density at radius 2 is 1.74 bits per heavy atom. The Morgan fingerprint density at radius 1 is 0.963 bits per heavy atom. The molecule has 1 spiro atoms. The van der Waals surface area contributed by atoms with Gasteiger partial charge in [0.2, 0.25) is 5.95 Å². The van der Waals surface area contributed by atoms with Crippen LogP contribution in [0.1, 0.15) is 48.7 Å². The number of fused-ring (bicyclic) bond motifs is 7. The summed E-state index contributed by atoms with van der Waals surface area (Å²) in [4.78, 5) is 17.0. The average Bonchev–Trinajstić information content (AvgIpc) is 3.60. The van der Waals surface area contributed by atoms with E-state index in [9.17, 15) is 8.78 Å². The van der Waals surface area contributed by atoms with Crippen LogP contribution in [0.3, 0.4) is 0 Å². The molecule has 4 aliphatic heterocycles. The number of pyridine rings is 1. The van der Waals surface area contributed by atoms with Gasteiger partial charge in [0.05, 0.1) is 22.9 Å². The fraction of sp³-hybridized carbons (Fsp3) is 0.419. The van der Waals surface area contributed by atoms with Gasteiger partial charge in [-0.25, -0.2) is 13.8 Å². The van der Waals surface area contributed by atoms with Crippen molar-refractivity contribution in [3.63, 3.8) is 0 Å². The summed E-state index contributed by atoms with van der Waals surface area (Å²) < 4.78 is 31.8. The Labute approximate surface area is 316 Å². The van der Waals surface area contributed by atoms with Crippen LogP contribution in [-0.2, 0) is 26.6 Å². The molecule has 0 radical (unpaired) electrons. The minimum atomic E-state index is -0.535. The van der Waals surface area contributed by atoms with Gasteiger partial charge in [-0.1, -0.05) is 32.6 Å². The summed E-state index contributed by atoms with van der Waals surface area (Å²) in [6.45, 7) is 20.7. The van der Waals surface area contributed by atoms with Gasteiger partial charge in [0, 0.05) is 116 Å². The van der Waals surface area contributed by atoms with Gasteiger partial charge in [0.1, 0.15) is 11.6 Å². The Morgan fingerprint density at radius 3 is 2.52 bits per heavy atom. The van der Waals surface area contributed by atoms with Gasteiger partial charge < -0.3 is 19.7 Å². The second-order valence-electron chi connectivity index (χ2n) is 16.6. The number of hydrogen-bond acceptors (Lipinski definition) is 7. The zero-order valence-electron chi connectivity index (χ0n) is 31.6. The molecule has 0 amide bonds. The fourth-order valence-corrected chi connectivity index (χ4v) is 9.22. The Bertz CT molecular complexity index is 2250. The first-order chi connectivity index (χ1) is 26.0. The number of rotatable bonds is 5. The summed E-state index contributed by atoms with van der Waals surface area (Å²) in [5.74, 6) is 0.546. The fourth-order valence-electron chi connectivity index (χ4n) is 9.22. The molecule has 7 heterocycles. The summed E-state index contributed by atoms with van der Waals surface area (Å²) in [5.41, 5.74) is 11.5. The molecule has 0 aliphatic carbocycles. The second-order valence-corrected chi connectivity index (χ2v) is 16.6. The van der Waals surface area contributed by atoms with Crippen molar-refractivity contribution in [1.82, 2.24) is 34.1 Å². The number of anilines is 2. The highest BCUT2D eigenvalue weighted by molar-refractivity contribution is 5.83. The number of nitrogens with one attached hydrogen (secondary N) is 1. The summed E-state index contributed by atoms with van der Waals surface area (Å²) >= 11 is 0. The van der Waals surface area contributed by atoms with Crippen LogP contribution in [0.25, 0.3) is 28.0 Å². The van der Waals surface area contributed by atoms with Gasteiger partial charge in [-0.2, -0.15) is 5.10 Å². The SMILES string of the molecule is C=C1Nc2nc3ccc(CN4CC5(C4)CN(C(=C)C4CN(c6cc(F)cc(F)c6)C4)C5)cc3n2C[C@H](C)CCCCc2c(cnn2C)-c2cc1cc(C)n2. The lowest BCUT2D eigenvalue weighted by Crippen LogP contribution is -2.72. The normalized spacial score (nSPS) is 20.3. The van der Waals surface area contributed by atoms with E-state index in [1.807, 2.05) is 29.7 Å². The van der Waals surface area contributed by atoms with Crippen molar-refractivity contribution in [2.75, 3.05) is 49.5 Å². The van der Waals surface area contributed by atoms with Crippen LogP contribution in [0.15, 0.2) is 73.6 Å². The maximum atomic E-state index is 13.7. The Balaban J connectivity index is 0.866. The number of aromatic nitrogens is 5. The molecule has 1 atom stereocenters. The summed E-state index contributed by atoms with van der Waals surface area (Å²) in [7, 11) is 2.03. The minimum absolute atomic E-state index is 0.321. The zero-order valence-corrected chi connectivity index (χ0v) is 31.6. The highest BCUT2D eigenvalue weighted by atomic mass is 19.1. The van der Waals surface area contributed by atoms with Gasteiger partial charge in [0.25, 0.3) is 0 Å². The maximum Gasteiger partial charge on any atom is 0.208 e. The molecule has 54 heavy (non-hydrogen) atoms. The molecule has 11 heteroatoms. The van der Waals surface area contributed by atoms with Gasteiger partial charge in [-0.3, -0.25) is 14.6 Å². The van der Waals surface area contributed by atoms with Crippen LogP contribution in [0, 0.1) is 35.8 Å². The van der Waals surface area contributed by atoms with Crippen LogP contribution in [0.5, 0.6) is 0 Å². The lowest BCUT2D eigenvalue weighted by Gasteiger charge is -2.62. The minimum Gasteiger partial charge on any atom is -0.374 e. The Kier molecular flexibility index (Phi) is 8.60. The third-order valence-corrected chi connectivity index (χ3v) is 12.1. The molecule has 0 unspecified atom stereocenters. The predicted octanol–water partition coefficient (Wildman–Crippen LogP) is 7.63. The molecule has 3 fully saturated rings. The van der Waals surface area contributed by atoms with E-state index in [1.54, 1.807) is 0 Å². The number of nitrogens with zero attached hydrogens (tertiary/aromatic N) is 8. The van der Waals surface area contributed by atoms with Crippen molar-refractivity contribution in [1.29, 1.82) is 0 Å². The second kappa shape index (κ2) is 13.4. The molecule has 3 aromatic heterocycles. The van der Waals surface area contributed by atoms with E-state index >= 15 is 0 Å². The molecule has 2 bridgehead atoms. The van der Waals surface area contributed by atoms with E-state index in [-0.39, 0.29) is 0 Å². The smallest absolute Gasteiger partial charge is 0.208 e. The average molecular weight is 730 g/mol. The van der Waals surface area contributed by atoms with Gasteiger partial charge in [0.15, 0.2) is 0 Å².